The number of rotatable bonds is 5. The molecule has 172 valence electrons. The quantitative estimate of drug-likeness (QED) is 0.246. The summed E-state index contributed by atoms with van der Waals surface area (Å²) in [5, 5.41) is 25.9. The molecule has 0 fully saturated rings. The van der Waals surface area contributed by atoms with E-state index in [0.29, 0.717) is 16.8 Å². The minimum atomic E-state index is -0.541. The van der Waals surface area contributed by atoms with Crippen LogP contribution in [0.1, 0.15) is 34.0 Å². The van der Waals surface area contributed by atoms with E-state index in [2.05, 4.69) is 27.8 Å². The van der Waals surface area contributed by atoms with E-state index in [4.69, 9.17) is 12.2 Å². The molecule has 4 rings (SSSR count). The van der Waals surface area contributed by atoms with Gasteiger partial charge in [0.1, 0.15) is 11.0 Å². The van der Waals surface area contributed by atoms with Gasteiger partial charge in [-0.05, 0) is 73.9 Å². The van der Waals surface area contributed by atoms with Crippen molar-refractivity contribution in [1.29, 1.82) is 0 Å². The van der Waals surface area contributed by atoms with Crippen LogP contribution in [0.15, 0.2) is 54.6 Å². The predicted octanol–water partition coefficient (Wildman–Crippen LogP) is 4.63. The molecule has 0 radical (unpaired) electrons. The lowest BCUT2D eigenvalue weighted by Crippen LogP contribution is -2.34. The van der Waals surface area contributed by atoms with Gasteiger partial charge in [-0.2, -0.15) is 4.80 Å². The fourth-order valence-electron chi connectivity index (χ4n) is 3.46. The number of fused-ring (bicyclic) bond motifs is 1. The van der Waals surface area contributed by atoms with Crippen LogP contribution in [-0.2, 0) is 6.42 Å². The molecule has 1 heterocycles. The van der Waals surface area contributed by atoms with Gasteiger partial charge in [0.25, 0.3) is 11.6 Å². The predicted molar refractivity (Wildman–Crippen MR) is 135 cm³/mol. The zero-order valence-electron chi connectivity index (χ0n) is 18.8. The van der Waals surface area contributed by atoms with Crippen molar-refractivity contribution >= 4 is 45.6 Å². The van der Waals surface area contributed by atoms with Crippen LogP contribution in [0.2, 0.25) is 0 Å². The first-order valence-electron chi connectivity index (χ1n) is 10.6. The molecule has 0 spiro atoms. The Morgan fingerprint density at radius 2 is 1.71 bits per heavy atom. The van der Waals surface area contributed by atoms with Crippen LogP contribution in [0, 0.1) is 24.0 Å². The van der Waals surface area contributed by atoms with Crippen molar-refractivity contribution in [2.75, 3.05) is 5.32 Å². The molecule has 9 nitrogen and oxygen atoms in total. The van der Waals surface area contributed by atoms with Gasteiger partial charge in [0.05, 0.1) is 10.6 Å². The summed E-state index contributed by atoms with van der Waals surface area (Å²) in [4.78, 5) is 24.8. The Labute approximate surface area is 200 Å². The molecule has 3 aromatic carbocycles. The minimum absolute atomic E-state index is 0.0678. The monoisotopic (exact) mass is 474 g/mol. The van der Waals surface area contributed by atoms with Crippen molar-refractivity contribution in [3.05, 3.63) is 87.0 Å². The second kappa shape index (κ2) is 9.36. The van der Waals surface area contributed by atoms with E-state index in [9.17, 15) is 14.9 Å². The summed E-state index contributed by atoms with van der Waals surface area (Å²) in [5.74, 6) is -0.541. The summed E-state index contributed by atoms with van der Waals surface area (Å²) in [6, 6.07) is 16.0. The number of amides is 1. The summed E-state index contributed by atoms with van der Waals surface area (Å²) in [5.41, 5.74) is 5.51. The SMILES string of the molecule is CCc1ccc(-n2nc3cc(C)c(NC(=S)NC(=O)c4ccc(C)c([N+](=O)[O-])c4)cc3n2)cc1. The molecule has 0 aliphatic carbocycles. The van der Waals surface area contributed by atoms with Crippen LogP contribution in [0.3, 0.4) is 0 Å². The van der Waals surface area contributed by atoms with E-state index in [-0.39, 0.29) is 16.4 Å². The number of carbonyl (C=O) groups is 1. The van der Waals surface area contributed by atoms with Crippen molar-refractivity contribution in [1.82, 2.24) is 20.3 Å². The lowest BCUT2D eigenvalue weighted by Gasteiger charge is -2.12. The van der Waals surface area contributed by atoms with Crippen molar-refractivity contribution in [2.24, 2.45) is 0 Å². The van der Waals surface area contributed by atoms with E-state index < -0.39 is 10.8 Å². The Morgan fingerprint density at radius 3 is 2.35 bits per heavy atom. The number of carbonyl (C=O) groups excluding carboxylic acids is 1. The largest absolute Gasteiger partial charge is 0.332 e. The summed E-state index contributed by atoms with van der Waals surface area (Å²) in [6.07, 6.45) is 0.959. The van der Waals surface area contributed by atoms with E-state index in [1.807, 2.05) is 43.3 Å². The van der Waals surface area contributed by atoms with Crippen LogP contribution in [0.25, 0.3) is 16.7 Å². The number of thiocarbonyl (C=S) groups is 1. The van der Waals surface area contributed by atoms with E-state index in [1.165, 1.54) is 23.8 Å². The molecule has 0 atom stereocenters. The topological polar surface area (TPSA) is 115 Å². The van der Waals surface area contributed by atoms with Gasteiger partial charge >= 0.3 is 0 Å². The number of nitrogens with one attached hydrogen (secondary N) is 2. The minimum Gasteiger partial charge on any atom is -0.332 e. The van der Waals surface area contributed by atoms with Gasteiger partial charge in [-0.3, -0.25) is 20.2 Å². The number of nitrogens with zero attached hydrogens (tertiary/aromatic N) is 4. The number of anilines is 1. The van der Waals surface area contributed by atoms with Crippen LogP contribution in [0.5, 0.6) is 0 Å². The van der Waals surface area contributed by atoms with E-state index in [0.717, 1.165) is 23.2 Å². The molecular weight excluding hydrogens is 452 g/mol. The molecule has 2 N–H and O–H groups in total. The Morgan fingerprint density at radius 1 is 1.03 bits per heavy atom. The highest BCUT2D eigenvalue weighted by molar-refractivity contribution is 7.80. The van der Waals surface area contributed by atoms with Crippen LogP contribution in [-0.4, -0.2) is 30.9 Å². The maximum Gasteiger partial charge on any atom is 0.273 e. The van der Waals surface area contributed by atoms with Gasteiger partial charge in [0.15, 0.2) is 5.11 Å². The van der Waals surface area contributed by atoms with Crippen LogP contribution < -0.4 is 10.6 Å². The molecule has 1 aromatic heterocycles. The molecule has 0 aliphatic heterocycles. The first-order valence-corrected chi connectivity index (χ1v) is 11.0. The number of hydrogen-bond acceptors (Lipinski definition) is 6. The van der Waals surface area contributed by atoms with Gasteiger partial charge < -0.3 is 5.32 Å². The van der Waals surface area contributed by atoms with Gasteiger partial charge in [0.2, 0.25) is 0 Å². The molecule has 34 heavy (non-hydrogen) atoms. The highest BCUT2D eigenvalue weighted by atomic mass is 32.1. The first-order chi connectivity index (χ1) is 16.2. The molecule has 0 aliphatic rings. The average molecular weight is 475 g/mol. The Kier molecular flexibility index (Phi) is 6.33. The maximum atomic E-state index is 12.5. The van der Waals surface area contributed by atoms with Gasteiger partial charge in [-0.15, -0.1) is 10.2 Å². The normalized spacial score (nSPS) is 10.8. The third-order valence-electron chi connectivity index (χ3n) is 5.45. The number of hydrogen-bond donors (Lipinski definition) is 2. The van der Waals surface area contributed by atoms with Gasteiger partial charge in [-0.1, -0.05) is 25.1 Å². The molecular formula is C24H22N6O3S. The third kappa shape index (κ3) is 4.76. The molecule has 10 heteroatoms. The van der Waals surface area contributed by atoms with Crippen molar-refractivity contribution < 1.29 is 9.72 Å². The molecule has 0 saturated heterocycles. The second-order valence-corrected chi connectivity index (χ2v) is 8.24. The smallest absolute Gasteiger partial charge is 0.273 e. The summed E-state index contributed by atoms with van der Waals surface area (Å²) < 4.78 is 0. The van der Waals surface area contributed by atoms with Gasteiger partial charge in [0, 0.05) is 22.9 Å². The first kappa shape index (κ1) is 23.0. The Hall–Kier alpha value is -4.18. The standard InChI is InChI=1S/C24H22N6O3S/c1-4-16-6-9-18(10-7-16)29-27-20-11-15(3)19(13-21(20)28-29)25-24(34)26-23(31)17-8-5-14(2)22(12-17)30(32)33/h5-13H,4H2,1-3H3,(H2,25,26,31,34). The Balaban J connectivity index is 1.51. The average Bonchev–Trinajstić information content (AvgIpc) is 3.22. The molecule has 4 aromatic rings. The van der Waals surface area contributed by atoms with Gasteiger partial charge in [-0.25, -0.2) is 0 Å². The zero-order chi connectivity index (χ0) is 24.4. The second-order valence-electron chi connectivity index (χ2n) is 7.83. The third-order valence-corrected chi connectivity index (χ3v) is 5.65. The van der Waals surface area contributed by atoms with Crippen LogP contribution >= 0.6 is 12.2 Å². The van der Waals surface area contributed by atoms with E-state index >= 15 is 0 Å². The number of nitro groups is 1. The molecule has 0 unspecified atom stereocenters. The highest BCUT2D eigenvalue weighted by Gasteiger charge is 2.16. The number of aryl methyl sites for hydroxylation is 3. The molecule has 0 bridgehead atoms. The maximum absolute atomic E-state index is 12.5. The Bertz CT molecular complexity index is 1430. The molecule has 1 amide bonds. The van der Waals surface area contributed by atoms with Crippen molar-refractivity contribution in [3.63, 3.8) is 0 Å². The van der Waals surface area contributed by atoms with E-state index in [1.54, 1.807) is 11.7 Å². The zero-order valence-corrected chi connectivity index (χ0v) is 19.6. The number of aromatic nitrogens is 3. The highest BCUT2D eigenvalue weighted by Crippen LogP contribution is 2.23. The van der Waals surface area contributed by atoms with Crippen molar-refractivity contribution in [3.8, 4) is 5.69 Å². The summed E-state index contributed by atoms with van der Waals surface area (Å²) >= 11 is 5.29. The van der Waals surface area contributed by atoms with Crippen LogP contribution in [0.4, 0.5) is 11.4 Å². The lowest BCUT2D eigenvalue weighted by atomic mass is 10.1. The summed E-state index contributed by atoms with van der Waals surface area (Å²) in [6.45, 7) is 5.61. The lowest BCUT2D eigenvalue weighted by molar-refractivity contribution is -0.385. The fraction of sp³-hybridized carbons (Fsp3) is 0.167. The summed E-state index contributed by atoms with van der Waals surface area (Å²) in [7, 11) is 0. The molecule has 0 saturated carbocycles. The number of benzene rings is 3. The number of nitro benzene ring substituents is 1. The fourth-order valence-corrected chi connectivity index (χ4v) is 3.66. The van der Waals surface area contributed by atoms with Crippen molar-refractivity contribution in [2.45, 2.75) is 27.2 Å².